The summed E-state index contributed by atoms with van der Waals surface area (Å²) in [5.41, 5.74) is 1.40. The summed E-state index contributed by atoms with van der Waals surface area (Å²) in [5.74, 6) is -0.361. The summed E-state index contributed by atoms with van der Waals surface area (Å²) in [7, 11) is -3.18. The van der Waals surface area contributed by atoms with Crippen LogP contribution in [0.25, 0.3) is 11.0 Å². The molecule has 0 fully saturated rings. The van der Waals surface area contributed by atoms with Gasteiger partial charge in [-0.1, -0.05) is 0 Å². The fourth-order valence-corrected chi connectivity index (χ4v) is 3.01. The molecule has 0 unspecified atom stereocenters. The van der Waals surface area contributed by atoms with Gasteiger partial charge in [0.25, 0.3) is 0 Å². The number of aryl methyl sites for hydroxylation is 1. The fraction of sp³-hybridized carbons (Fsp3) is 0.364. The number of fused-ring (bicyclic) bond motifs is 1. The lowest BCUT2D eigenvalue weighted by atomic mass is 10.3. The highest BCUT2D eigenvalue weighted by Gasteiger charge is 2.09. The quantitative estimate of drug-likeness (QED) is 0.617. The molecule has 0 aliphatic heterocycles. The topological polar surface area (TPSA) is 66.9 Å². The first kappa shape index (κ1) is 15.6. The van der Waals surface area contributed by atoms with Crippen molar-refractivity contribution in [2.45, 2.75) is 13.0 Å². The lowest BCUT2D eigenvalue weighted by molar-refractivity contribution is 0.576. The number of rotatable bonds is 5. The summed E-state index contributed by atoms with van der Waals surface area (Å²) in [6.45, 7) is 0.870. The van der Waals surface area contributed by atoms with Gasteiger partial charge in [0, 0.05) is 19.2 Å². The number of sulfonamides is 1. The molecular weight excluding hydrogens is 369 g/mol. The van der Waals surface area contributed by atoms with Gasteiger partial charge in [0.2, 0.25) is 10.0 Å². The fourth-order valence-electron chi connectivity index (χ4n) is 1.87. The van der Waals surface area contributed by atoms with Crippen LogP contribution in [0.15, 0.2) is 16.6 Å². The number of nitrogens with one attached hydrogen (secondary N) is 2. The van der Waals surface area contributed by atoms with Gasteiger partial charge in [-0.2, -0.15) is 0 Å². The van der Waals surface area contributed by atoms with E-state index in [2.05, 4.69) is 25.6 Å². The summed E-state index contributed by atoms with van der Waals surface area (Å²) in [6.07, 6.45) is 1.70. The summed E-state index contributed by atoms with van der Waals surface area (Å²) in [5, 5.41) is 0. The number of imidazole rings is 1. The maximum atomic E-state index is 13.4. The van der Waals surface area contributed by atoms with Crippen molar-refractivity contribution in [2.75, 3.05) is 12.8 Å². The Morgan fingerprint density at radius 2 is 2.20 bits per heavy atom. The van der Waals surface area contributed by atoms with Gasteiger partial charge in [-0.15, -0.1) is 0 Å². The predicted molar refractivity (Wildman–Crippen MR) is 82.2 cm³/mol. The van der Waals surface area contributed by atoms with Crippen LogP contribution in [0.2, 0.25) is 0 Å². The van der Waals surface area contributed by atoms with E-state index in [0.717, 1.165) is 11.8 Å². The van der Waals surface area contributed by atoms with Crippen LogP contribution < -0.4 is 4.72 Å². The molecule has 1 aromatic heterocycles. The van der Waals surface area contributed by atoms with Gasteiger partial charge in [-0.25, -0.2) is 17.5 Å². The number of aromatic amines is 1. The second-order valence-electron chi connectivity index (χ2n) is 4.39. The minimum atomic E-state index is -3.18. The molecule has 0 amide bonds. The molecular formula is C11H13BrFN3O2S2. The smallest absolute Gasteiger partial charge is 0.208 e. The molecule has 0 aliphatic rings. The van der Waals surface area contributed by atoms with E-state index >= 15 is 0 Å². The first-order valence-corrected chi connectivity index (χ1v) is 8.89. The zero-order chi connectivity index (χ0) is 14.9. The van der Waals surface area contributed by atoms with Gasteiger partial charge < -0.3 is 9.55 Å². The molecule has 0 saturated carbocycles. The molecule has 0 bridgehead atoms. The zero-order valence-corrected chi connectivity index (χ0v) is 13.8. The molecule has 9 heteroatoms. The molecule has 0 atom stereocenters. The molecule has 2 rings (SSSR count). The van der Waals surface area contributed by atoms with E-state index in [1.807, 2.05) is 4.57 Å². The van der Waals surface area contributed by atoms with Gasteiger partial charge in [-0.05, 0) is 40.6 Å². The third-order valence-corrected chi connectivity index (χ3v) is 4.40. The van der Waals surface area contributed by atoms with E-state index in [0.29, 0.717) is 34.3 Å². The van der Waals surface area contributed by atoms with Crippen molar-refractivity contribution >= 4 is 49.2 Å². The molecule has 1 heterocycles. The highest BCUT2D eigenvalue weighted by molar-refractivity contribution is 9.10. The van der Waals surface area contributed by atoms with Crippen LogP contribution in [0.1, 0.15) is 6.42 Å². The molecule has 20 heavy (non-hydrogen) atoms. The largest absolute Gasteiger partial charge is 0.330 e. The van der Waals surface area contributed by atoms with Crippen LogP contribution >= 0.6 is 28.1 Å². The summed E-state index contributed by atoms with van der Waals surface area (Å²) in [4.78, 5) is 2.93. The van der Waals surface area contributed by atoms with Gasteiger partial charge in [-0.3, -0.25) is 0 Å². The number of hydrogen-bond acceptors (Lipinski definition) is 3. The van der Waals surface area contributed by atoms with Crippen LogP contribution in [-0.4, -0.2) is 30.8 Å². The molecule has 5 nitrogen and oxygen atoms in total. The van der Waals surface area contributed by atoms with Gasteiger partial charge in [0.05, 0.1) is 21.8 Å². The van der Waals surface area contributed by atoms with Gasteiger partial charge >= 0.3 is 0 Å². The van der Waals surface area contributed by atoms with Gasteiger partial charge in [0.15, 0.2) is 4.77 Å². The first-order valence-electron chi connectivity index (χ1n) is 5.80. The molecule has 1 aromatic carbocycles. The number of H-pyrrole nitrogens is 1. The van der Waals surface area contributed by atoms with Crippen LogP contribution in [0.3, 0.4) is 0 Å². The third kappa shape index (κ3) is 3.66. The van der Waals surface area contributed by atoms with Crippen LogP contribution in [0, 0.1) is 10.6 Å². The molecule has 0 saturated heterocycles. The molecule has 2 aromatic rings. The maximum Gasteiger partial charge on any atom is 0.208 e. The Kier molecular flexibility index (Phi) is 4.62. The summed E-state index contributed by atoms with van der Waals surface area (Å²) < 4.78 is 40.4. The number of benzene rings is 1. The Labute approximate surface area is 129 Å². The van der Waals surface area contributed by atoms with Crippen LogP contribution in [0.4, 0.5) is 4.39 Å². The number of aromatic nitrogens is 2. The van der Waals surface area contributed by atoms with Crippen molar-refractivity contribution in [3.05, 3.63) is 27.2 Å². The molecule has 110 valence electrons. The average Bonchev–Trinajstić information content (AvgIpc) is 2.60. The highest BCUT2D eigenvalue weighted by Crippen LogP contribution is 2.23. The second-order valence-corrected chi connectivity index (χ2v) is 7.46. The van der Waals surface area contributed by atoms with E-state index in [1.165, 1.54) is 6.07 Å². The monoisotopic (exact) mass is 381 g/mol. The Morgan fingerprint density at radius 1 is 1.50 bits per heavy atom. The maximum absolute atomic E-state index is 13.4. The number of hydrogen-bond donors (Lipinski definition) is 2. The van der Waals surface area contributed by atoms with Gasteiger partial charge in [0.1, 0.15) is 5.82 Å². The van der Waals surface area contributed by atoms with Crippen molar-refractivity contribution in [3.8, 4) is 0 Å². The second kappa shape index (κ2) is 5.92. The molecule has 0 radical (unpaired) electrons. The Bertz CT molecular complexity index is 798. The lowest BCUT2D eigenvalue weighted by Crippen LogP contribution is -2.23. The standard InChI is InChI=1S/C11H13BrFN3O2S2/c1-20(17,18)14-3-2-4-16-10-5-7(12)8(13)6-9(10)15-11(16)19/h5-6,14H,2-4H2,1H3,(H,15,19). The average molecular weight is 382 g/mol. The van der Waals surface area contributed by atoms with Crippen LogP contribution in [0.5, 0.6) is 0 Å². The Morgan fingerprint density at radius 3 is 2.85 bits per heavy atom. The summed E-state index contributed by atoms with van der Waals surface area (Å²) in [6, 6.07) is 3.03. The normalized spacial score (nSPS) is 12.2. The minimum absolute atomic E-state index is 0.329. The van der Waals surface area contributed by atoms with Crippen molar-refractivity contribution < 1.29 is 12.8 Å². The van der Waals surface area contributed by atoms with Crippen molar-refractivity contribution in [1.82, 2.24) is 14.3 Å². The van der Waals surface area contributed by atoms with E-state index in [-0.39, 0.29) is 5.82 Å². The first-order chi connectivity index (χ1) is 9.28. The van der Waals surface area contributed by atoms with E-state index in [4.69, 9.17) is 12.2 Å². The molecule has 0 aliphatic carbocycles. The van der Waals surface area contributed by atoms with Crippen molar-refractivity contribution in [3.63, 3.8) is 0 Å². The predicted octanol–water partition coefficient (Wildman–Crippen LogP) is 2.54. The minimum Gasteiger partial charge on any atom is -0.330 e. The number of nitrogens with zero attached hydrogens (tertiary/aromatic N) is 1. The van der Waals surface area contributed by atoms with Crippen molar-refractivity contribution in [1.29, 1.82) is 0 Å². The number of halogens is 2. The molecule has 2 N–H and O–H groups in total. The van der Waals surface area contributed by atoms with E-state index in [9.17, 15) is 12.8 Å². The van der Waals surface area contributed by atoms with Crippen molar-refractivity contribution in [2.24, 2.45) is 0 Å². The SMILES string of the molecule is CS(=O)(=O)NCCCn1c(=S)[nH]c2cc(F)c(Br)cc21. The summed E-state index contributed by atoms with van der Waals surface area (Å²) >= 11 is 8.33. The third-order valence-electron chi connectivity index (χ3n) is 2.74. The lowest BCUT2D eigenvalue weighted by Gasteiger charge is -2.05. The van der Waals surface area contributed by atoms with E-state index < -0.39 is 10.0 Å². The Hall–Kier alpha value is -0.770. The molecule has 0 spiro atoms. The highest BCUT2D eigenvalue weighted by atomic mass is 79.9. The van der Waals surface area contributed by atoms with Crippen LogP contribution in [-0.2, 0) is 16.6 Å². The van der Waals surface area contributed by atoms with E-state index in [1.54, 1.807) is 6.07 Å². The Balaban J connectivity index is 2.20. The zero-order valence-electron chi connectivity index (χ0n) is 10.6.